The molecule has 0 unspecified atom stereocenters. The molecule has 0 fully saturated rings. The molecule has 1 heterocycles. The van der Waals surface area contributed by atoms with E-state index in [9.17, 15) is 4.79 Å². The minimum atomic E-state index is 0.121. The van der Waals surface area contributed by atoms with Gasteiger partial charge in [0, 0.05) is 0 Å². The van der Waals surface area contributed by atoms with Crippen molar-refractivity contribution in [3.05, 3.63) is 23.8 Å². The van der Waals surface area contributed by atoms with E-state index >= 15 is 0 Å². The van der Waals surface area contributed by atoms with Crippen molar-refractivity contribution >= 4 is 32.1 Å². The van der Waals surface area contributed by atoms with Gasteiger partial charge in [-0.05, 0) is 0 Å². The van der Waals surface area contributed by atoms with Crippen molar-refractivity contribution in [2.75, 3.05) is 5.32 Å². The van der Waals surface area contributed by atoms with E-state index in [1.54, 1.807) is 0 Å². The number of hydrogen-bond acceptors (Lipinski definition) is 1. The Labute approximate surface area is 79.2 Å². The predicted octanol–water partition coefficient (Wildman–Crippen LogP) is 0.365. The molecule has 1 amide bonds. The summed E-state index contributed by atoms with van der Waals surface area (Å²) in [6, 6.07) is 5.98. The maximum absolute atomic E-state index is 11.0. The van der Waals surface area contributed by atoms with Crippen molar-refractivity contribution in [2.24, 2.45) is 0 Å². The molecule has 0 saturated carbocycles. The standard InChI is InChI=1S/C9H8NOSe/c11-9-4-1-6-5-7(12)2-3-8(6)10-9/h2-3,5H,1,4H2,(H,10,11). The summed E-state index contributed by atoms with van der Waals surface area (Å²) in [4.78, 5) is 11.0. The van der Waals surface area contributed by atoms with Crippen molar-refractivity contribution in [1.29, 1.82) is 0 Å². The summed E-state index contributed by atoms with van der Waals surface area (Å²) >= 11 is 2.95. The third-order valence-corrected chi connectivity index (χ3v) is 2.50. The van der Waals surface area contributed by atoms with Crippen molar-refractivity contribution in [3.63, 3.8) is 0 Å². The molecule has 1 N–H and O–H groups in total. The van der Waals surface area contributed by atoms with Gasteiger partial charge >= 0.3 is 78.8 Å². The number of carbonyl (C=O) groups excluding carboxylic acids is 1. The van der Waals surface area contributed by atoms with Crippen LogP contribution in [0.4, 0.5) is 5.69 Å². The topological polar surface area (TPSA) is 29.1 Å². The van der Waals surface area contributed by atoms with Gasteiger partial charge in [-0.25, -0.2) is 0 Å². The van der Waals surface area contributed by atoms with Crippen LogP contribution in [0.5, 0.6) is 0 Å². The molecule has 12 heavy (non-hydrogen) atoms. The Morgan fingerprint density at radius 2 is 2.17 bits per heavy atom. The van der Waals surface area contributed by atoms with E-state index < -0.39 is 0 Å². The van der Waals surface area contributed by atoms with E-state index in [2.05, 4.69) is 27.4 Å². The first-order valence-corrected chi connectivity index (χ1v) is 4.71. The van der Waals surface area contributed by atoms with Crippen LogP contribution >= 0.6 is 0 Å². The van der Waals surface area contributed by atoms with Crippen molar-refractivity contribution in [2.45, 2.75) is 12.8 Å². The van der Waals surface area contributed by atoms with Gasteiger partial charge in [0.25, 0.3) is 0 Å². The van der Waals surface area contributed by atoms with Gasteiger partial charge in [-0.15, -0.1) is 0 Å². The average molecular weight is 225 g/mol. The third-order valence-electron chi connectivity index (χ3n) is 1.97. The zero-order chi connectivity index (χ0) is 8.55. The molecule has 1 aromatic carbocycles. The predicted molar refractivity (Wildman–Crippen MR) is 48.8 cm³/mol. The van der Waals surface area contributed by atoms with Gasteiger partial charge in [0.1, 0.15) is 0 Å². The fourth-order valence-corrected chi connectivity index (χ4v) is 1.80. The number of nitrogens with one attached hydrogen (secondary N) is 1. The Balaban J connectivity index is 2.43. The first-order chi connectivity index (χ1) is 5.75. The molecule has 1 aliphatic heterocycles. The van der Waals surface area contributed by atoms with Crippen LogP contribution in [0.2, 0.25) is 0 Å². The number of anilines is 1. The third kappa shape index (κ3) is 1.38. The molecule has 0 bridgehead atoms. The fraction of sp³-hybridized carbons (Fsp3) is 0.222. The van der Waals surface area contributed by atoms with Crippen LogP contribution in [0, 0.1) is 0 Å². The summed E-state index contributed by atoms with van der Waals surface area (Å²) in [6.45, 7) is 0. The Morgan fingerprint density at radius 1 is 1.33 bits per heavy atom. The molecule has 0 aliphatic carbocycles. The van der Waals surface area contributed by atoms with Gasteiger partial charge in [0.05, 0.1) is 0 Å². The van der Waals surface area contributed by atoms with Crippen LogP contribution in [0.25, 0.3) is 0 Å². The molecule has 0 spiro atoms. The number of amides is 1. The first-order valence-electron chi connectivity index (χ1n) is 3.85. The van der Waals surface area contributed by atoms with Crippen LogP contribution in [0.3, 0.4) is 0 Å². The number of benzene rings is 1. The van der Waals surface area contributed by atoms with Gasteiger partial charge in [-0.3, -0.25) is 0 Å². The first kappa shape index (κ1) is 7.84. The summed E-state index contributed by atoms with van der Waals surface area (Å²) in [5, 5.41) is 2.83. The van der Waals surface area contributed by atoms with E-state index in [0.29, 0.717) is 6.42 Å². The SMILES string of the molecule is O=C1CCc2cc([Se])ccc2N1. The van der Waals surface area contributed by atoms with Crippen LogP contribution in [-0.4, -0.2) is 21.9 Å². The summed E-state index contributed by atoms with van der Waals surface area (Å²) in [5.74, 6) is 0.121. The van der Waals surface area contributed by atoms with Gasteiger partial charge < -0.3 is 0 Å². The molecule has 0 atom stereocenters. The van der Waals surface area contributed by atoms with E-state index in [1.807, 2.05) is 12.1 Å². The van der Waals surface area contributed by atoms with E-state index in [4.69, 9.17) is 0 Å². The van der Waals surface area contributed by atoms with Gasteiger partial charge in [-0.1, -0.05) is 0 Å². The second-order valence-corrected chi connectivity index (χ2v) is 3.86. The van der Waals surface area contributed by atoms with Gasteiger partial charge in [0.15, 0.2) is 0 Å². The van der Waals surface area contributed by atoms with Gasteiger partial charge in [0.2, 0.25) is 0 Å². The zero-order valence-corrected chi connectivity index (χ0v) is 8.18. The Morgan fingerprint density at radius 3 is 3.00 bits per heavy atom. The number of carbonyl (C=O) groups is 1. The molecule has 0 aromatic heterocycles. The quantitative estimate of drug-likeness (QED) is 0.635. The van der Waals surface area contributed by atoms with Crippen LogP contribution < -0.4 is 9.78 Å². The molecule has 0 saturated heterocycles. The fourth-order valence-electron chi connectivity index (χ4n) is 1.36. The summed E-state index contributed by atoms with van der Waals surface area (Å²) in [6.07, 6.45) is 1.47. The summed E-state index contributed by atoms with van der Waals surface area (Å²) in [7, 11) is 0. The molecular formula is C9H8NOSe. The van der Waals surface area contributed by atoms with Crippen molar-refractivity contribution < 1.29 is 4.79 Å². The van der Waals surface area contributed by atoms with E-state index in [0.717, 1.165) is 16.6 Å². The summed E-state index contributed by atoms with van der Waals surface area (Å²) < 4.78 is 1.13. The molecule has 1 aliphatic rings. The maximum atomic E-state index is 11.0. The monoisotopic (exact) mass is 226 g/mol. The zero-order valence-electron chi connectivity index (χ0n) is 6.46. The number of rotatable bonds is 0. The molecule has 1 aromatic rings. The van der Waals surface area contributed by atoms with Crippen molar-refractivity contribution in [3.8, 4) is 0 Å². The van der Waals surface area contributed by atoms with E-state index in [1.165, 1.54) is 5.56 Å². The molecule has 2 rings (SSSR count). The Hall–Kier alpha value is -0.791. The number of aryl methyl sites for hydroxylation is 1. The van der Waals surface area contributed by atoms with E-state index in [-0.39, 0.29) is 5.91 Å². The van der Waals surface area contributed by atoms with Crippen LogP contribution in [-0.2, 0) is 11.2 Å². The molecule has 3 heteroatoms. The molecule has 61 valence electrons. The minimum absolute atomic E-state index is 0.121. The molecule has 1 radical (unpaired) electrons. The second kappa shape index (κ2) is 2.92. The number of fused-ring (bicyclic) bond motifs is 1. The Kier molecular flexibility index (Phi) is 1.91. The van der Waals surface area contributed by atoms with Gasteiger partial charge in [-0.2, -0.15) is 0 Å². The normalized spacial score (nSPS) is 15.2. The van der Waals surface area contributed by atoms with Crippen LogP contribution in [0.1, 0.15) is 12.0 Å². The number of hydrogen-bond donors (Lipinski definition) is 1. The molecule has 2 nitrogen and oxygen atoms in total. The second-order valence-electron chi connectivity index (χ2n) is 2.87. The van der Waals surface area contributed by atoms with Crippen LogP contribution in [0.15, 0.2) is 18.2 Å². The summed E-state index contributed by atoms with van der Waals surface area (Å²) in [5.41, 5.74) is 2.19. The molecular weight excluding hydrogens is 217 g/mol. The Bertz CT molecular complexity index is 335. The average Bonchev–Trinajstić information content (AvgIpc) is 2.05. The van der Waals surface area contributed by atoms with Crippen molar-refractivity contribution in [1.82, 2.24) is 0 Å².